The molecule has 0 saturated carbocycles. The number of aromatic nitrogens is 2. The maximum Gasteiger partial charge on any atom is 0.258 e. The van der Waals surface area contributed by atoms with Gasteiger partial charge in [0.2, 0.25) is 5.91 Å². The topological polar surface area (TPSA) is 75.9 Å². The molecule has 3 rings (SSSR count). The van der Waals surface area contributed by atoms with Crippen molar-refractivity contribution in [1.82, 2.24) is 19.6 Å². The van der Waals surface area contributed by atoms with Gasteiger partial charge < -0.3 is 19.4 Å². The Morgan fingerprint density at radius 1 is 1.29 bits per heavy atom. The van der Waals surface area contributed by atoms with Crippen molar-refractivity contribution in [1.29, 1.82) is 0 Å². The van der Waals surface area contributed by atoms with Gasteiger partial charge in [-0.2, -0.15) is 0 Å². The van der Waals surface area contributed by atoms with Gasteiger partial charge in [0.25, 0.3) is 5.91 Å². The molecule has 0 unspecified atom stereocenters. The van der Waals surface area contributed by atoms with Gasteiger partial charge in [0, 0.05) is 31.7 Å². The summed E-state index contributed by atoms with van der Waals surface area (Å²) in [6.07, 6.45) is 8.56. The van der Waals surface area contributed by atoms with Crippen LogP contribution in [-0.4, -0.2) is 51.8 Å². The number of rotatable bonds is 5. The molecule has 2 amide bonds. The highest BCUT2D eigenvalue weighted by molar-refractivity contribution is 5.88. The Morgan fingerprint density at radius 2 is 2.08 bits per heavy atom. The number of imidazole rings is 1. The monoisotopic (exact) mass is 330 g/mol. The third kappa shape index (κ3) is 3.67. The van der Waals surface area contributed by atoms with E-state index in [0.717, 1.165) is 32.4 Å². The molecule has 128 valence electrons. The van der Waals surface area contributed by atoms with E-state index in [1.807, 2.05) is 27.8 Å². The largest absolute Gasteiger partial charge is 0.480 e. The Hall–Kier alpha value is -2.57. The Kier molecular flexibility index (Phi) is 4.98. The first-order chi connectivity index (χ1) is 11.6. The van der Waals surface area contributed by atoms with Gasteiger partial charge in [-0.25, -0.2) is 4.98 Å². The van der Waals surface area contributed by atoms with Crippen LogP contribution in [0.5, 0.6) is 5.75 Å². The van der Waals surface area contributed by atoms with Gasteiger partial charge in [-0.1, -0.05) is 0 Å². The molecule has 2 aromatic heterocycles. The van der Waals surface area contributed by atoms with Gasteiger partial charge in [-0.05, 0) is 38.3 Å². The normalized spacial score (nSPS) is 16.0. The Labute approximate surface area is 140 Å². The summed E-state index contributed by atoms with van der Waals surface area (Å²) in [5, 5.41) is 2.71. The van der Waals surface area contributed by atoms with Crippen LogP contribution in [0.4, 0.5) is 0 Å². The Morgan fingerprint density at radius 3 is 2.88 bits per heavy atom. The average Bonchev–Trinajstić information content (AvgIpc) is 3.09. The van der Waals surface area contributed by atoms with Crippen molar-refractivity contribution in [3.05, 3.63) is 30.7 Å². The summed E-state index contributed by atoms with van der Waals surface area (Å²) in [5.74, 6) is 0.187. The second-order valence-electron chi connectivity index (χ2n) is 5.99. The number of amides is 2. The first-order valence-electron chi connectivity index (χ1n) is 8.28. The third-order valence-corrected chi connectivity index (χ3v) is 4.16. The predicted octanol–water partition coefficient (Wildman–Crippen LogP) is 1.23. The van der Waals surface area contributed by atoms with Crippen LogP contribution >= 0.6 is 0 Å². The highest BCUT2D eigenvalue weighted by Gasteiger charge is 2.23. The van der Waals surface area contributed by atoms with Gasteiger partial charge in [0.1, 0.15) is 6.04 Å². The lowest BCUT2D eigenvalue weighted by Gasteiger charge is -2.29. The molecule has 2 aromatic rings. The number of pyridine rings is 1. The highest BCUT2D eigenvalue weighted by atomic mass is 16.5. The average molecular weight is 330 g/mol. The second-order valence-corrected chi connectivity index (χ2v) is 5.99. The molecule has 1 aliphatic heterocycles. The molecule has 24 heavy (non-hydrogen) atoms. The number of nitrogens with zero attached hydrogens (tertiary/aromatic N) is 3. The van der Waals surface area contributed by atoms with E-state index in [9.17, 15) is 9.59 Å². The van der Waals surface area contributed by atoms with Crippen LogP contribution in [0, 0.1) is 0 Å². The molecule has 0 radical (unpaired) electrons. The predicted molar refractivity (Wildman–Crippen MR) is 88.7 cm³/mol. The van der Waals surface area contributed by atoms with E-state index >= 15 is 0 Å². The summed E-state index contributed by atoms with van der Waals surface area (Å²) in [4.78, 5) is 30.4. The number of carbonyl (C=O) groups is 2. The van der Waals surface area contributed by atoms with E-state index in [4.69, 9.17) is 4.74 Å². The minimum Gasteiger partial charge on any atom is -0.480 e. The van der Waals surface area contributed by atoms with Gasteiger partial charge in [0.15, 0.2) is 18.0 Å². The van der Waals surface area contributed by atoms with E-state index < -0.39 is 6.04 Å². The van der Waals surface area contributed by atoms with E-state index in [0.29, 0.717) is 11.4 Å². The molecular formula is C17H22N4O3. The van der Waals surface area contributed by atoms with Crippen LogP contribution < -0.4 is 10.1 Å². The number of hydrogen-bond donors (Lipinski definition) is 1. The number of likely N-dealkylation sites (tertiary alicyclic amines) is 1. The fourth-order valence-electron chi connectivity index (χ4n) is 2.91. The maximum atomic E-state index is 12.3. The van der Waals surface area contributed by atoms with Crippen molar-refractivity contribution in [2.75, 3.05) is 19.7 Å². The van der Waals surface area contributed by atoms with Gasteiger partial charge in [-0.15, -0.1) is 0 Å². The lowest BCUT2D eigenvalue weighted by atomic mass is 10.1. The molecule has 1 aliphatic rings. The van der Waals surface area contributed by atoms with Crippen molar-refractivity contribution in [3.63, 3.8) is 0 Å². The zero-order chi connectivity index (χ0) is 16.9. The van der Waals surface area contributed by atoms with Crippen molar-refractivity contribution in [2.45, 2.75) is 32.2 Å². The lowest BCUT2D eigenvalue weighted by molar-refractivity contribution is -0.137. The molecule has 7 heteroatoms. The molecule has 1 saturated heterocycles. The maximum absolute atomic E-state index is 12.3. The molecule has 1 fully saturated rings. The standard InChI is InChI=1S/C17H22N4O3/c1-13(17(23)21-8-3-2-4-9-21)19-15(22)12-24-14-6-5-10-20-11-7-18-16(14)20/h5-7,10-11,13H,2-4,8-9,12H2,1H3,(H,19,22)/t13-/m1/s1. The van der Waals surface area contributed by atoms with Crippen molar-refractivity contribution in [2.24, 2.45) is 0 Å². The molecular weight excluding hydrogens is 308 g/mol. The Bertz CT molecular complexity index is 721. The first-order valence-corrected chi connectivity index (χ1v) is 8.28. The second kappa shape index (κ2) is 7.33. The molecule has 0 aliphatic carbocycles. The number of ether oxygens (including phenoxy) is 1. The summed E-state index contributed by atoms with van der Waals surface area (Å²) >= 11 is 0. The first kappa shape index (κ1) is 16.3. The number of fused-ring (bicyclic) bond motifs is 1. The van der Waals surface area contributed by atoms with Crippen LogP contribution in [-0.2, 0) is 9.59 Å². The smallest absolute Gasteiger partial charge is 0.258 e. The third-order valence-electron chi connectivity index (χ3n) is 4.16. The molecule has 7 nitrogen and oxygen atoms in total. The van der Waals surface area contributed by atoms with Crippen LogP contribution in [0.15, 0.2) is 30.7 Å². The molecule has 3 heterocycles. The quantitative estimate of drug-likeness (QED) is 0.895. The molecule has 0 bridgehead atoms. The Balaban J connectivity index is 1.51. The van der Waals surface area contributed by atoms with E-state index in [1.165, 1.54) is 0 Å². The van der Waals surface area contributed by atoms with Gasteiger partial charge in [-0.3, -0.25) is 9.59 Å². The number of piperidine rings is 1. The van der Waals surface area contributed by atoms with Crippen LogP contribution in [0.2, 0.25) is 0 Å². The molecule has 1 N–H and O–H groups in total. The van der Waals surface area contributed by atoms with Crippen molar-refractivity contribution < 1.29 is 14.3 Å². The molecule has 0 spiro atoms. The minimum atomic E-state index is -0.540. The SMILES string of the molecule is C[C@@H](NC(=O)COc1cccn2ccnc12)C(=O)N1CCCCC1. The summed E-state index contributed by atoms with van der Waals surface area (Å²) in [6, 6.07) is 3.05. The van der Waals surface area contributed by atoms with E-state index in [2.05, 4.69) is 10.3 Å². The summed E-state index contributed by atoms with van der Waals surface area (Å²) in [7, 11) is 0. The fraction of sp³-hybridized carbons (Fsp3) is 0.471. The van der Waals surface area contributed by atoms with Crippen LogP contribution in [0.1, 0.15) is 26.2 Å². The van der Waals surface area contributed by atoms with Crippen LogP contribution in [0.25, 0.3) is 5.65 Å². The highest BCUT2D eigenvalue weighted by Crippen LogP contribution is 2.17. The number of carbonyl (C=O) groups excluding carboxylic acids is 2. The minimum absolute atomic E-state index is 0.0293. The van der Waals surface area contributed by atoms with Crippen molar-refractivity contribution in [3.8, 4) is 5.75 Å². The zero-order valence-electron chi connectivity index (χ0n) is 13.8. The lowest BCUT2D eigenvalue weighted by Crippen LogP contribution is -2.49. The summed E-state index contributed by atoms with van der Waals surface area (Å²) in [5.41, 5.74) is 0.655. The van der Waals surface area contributed by atoms with Gasteiger partial charge in [0.05, 0.1) is 0 Å². The fourth-order valence-corrected chi connectivity index (χ4v) is 2.91. The van der Waals surface area contributed by atoms with E-state index in [1.54, 1.807) is 19.2 Å². The van der Waals surface area contributed by atoms with Crippen molar-refractivity contribution >= 4 is 17.5 Å². The summed E-state index contributed by atoms with van der Waals surface area (Å²) in [6.45, 7) is 3.11. The zero-order valence-corrected chi connectivity index (χ0v) is 13.8. The molecule has 0 aromatic carbocycles. The molecule has 1 atom stereocenters. The van der Waals surface area contributed by atoms with Gasteiger partial charge >= 0.3 is 0 Å². The number of hydrogen-bond acceptors (Lipinski definition) is 4. The summed E-state index contributed by atoms with van der Waals surface area (Å²) < 4.78 is 7.36. The van der Waals surface area contributed by atoms with Crippen LogP contribution in [0.3, 0.4) is 0 Å². The van der Waals surface area contributed by atoms with E-state index in [-0.39, 0.29) is 18.4 Å². The number of nitrogens with one attached hydrogen (secondary N) is 1.